The van der Waals surface area contributed by atoms with Crippen LogP contribution in [0.5, 0.6) is 0 Å². The molecule has 0 spiro atoms. The smallest absolute Gasteiger partial charge is 0.410 e. The van der Waals surface area contributed by atoms with Gasteiger partial charge in [-0.15, -0.1) is 5.54 Å². The van der Waals surface area contributed by atoms with Crippen LogP contribution in [0.15, 0.2) is 35.5 Å². The standard InChI is InChI=1S/C43H53F2N5O2SSi/c1-11-53-41-47-39-36-32(18-20-33-34-19-16-28(23-49(33)40(36)48-41)50(34)42(51)52-43(8,9)10)46-38(37(39)45)30-14-12-13-27-15-17-31(44)29(35(27)30)21-22-54(24(2)3,25(4)5)26(6)7/h12-15,17,24-26,28,33-34H,11,16,18-20,23H2,1-10H3/t28-,33+,34+/m1/s1. The van der Waals surface area contributed by atoms with Crippen molar-refractivity contribution in [1.29, 1.82) is 0 Å². The van der Waals surface area contributed by atoms with Crippen molar-refractivity contribution in [2.45, 2.75) is 140 Å². The Morgan fingerprint density at radius 3 is 2.35 bits per heavy atom. The number of pyridine rings is 1. The van der Waals surface area contributed by atoms with Crippen LogP contribution in [0.2, 0.25) is 16.6 Å². The molecule has 0 radical (unpaired) electrons. The fourth-order valence-electron chi connectivity index (χ4n) is 9.76. The second kappa shape index (κ2) is 14.4. The SMILES string of the molecule is CCSc1nc2c3c(nc(-c4cccc5ccc(F)c(C#C[Si](C(C)C)(C(C)C)C(C)C)c45)c(F)c3n1)CC[C@H]1[C@@H]3CC[C@H](CN21)N3C(=O)OC(C)(C)C. The molecule has 7 nitrogen and oxygen atoms in total. The molecular weight excluding hydrogens is 717 g/mol. The van der Waals surface area contributed by atoms with Crippen LogP contribution >= 0.6 is 11.8 Å². The van der Waals surface area contributed by atoms with Gasteiger partial charge in [-0.05, 0) is 80.3 Å². The number of carbonyl (C=O) groups excluding carboxylic acids is 1. The molecule has 2 bridgehead atoms. The molecule has 2 saturated heterocycles. The molecule has 54 heavy (non-hydrogen) atoms. The average molecular weight is 770 g/mol. The van der Waals surface area contributed by atoms with Crippen molar-refractivity contribution in [2.24, 2.45) is 0 Å². The lowest BCUT2D eigenvalue weighted by molar-refractivity contribution is 0.00721. The van der Waals surface area contributed by atoms with Gasteiger partial charge in [0.1, 0.15) is 36.5 Å². The number of carbonyl (C=O) groups is 1. The lowest BCUT2D eigenvalue weighted by Gasteiger charge is -2.47. The zero-order valence-corrected chi connectivity index (χ0v) is 35.1. The number of thioether (sulfide) groups is 1. The molecule has 3 aliphatic rings. The first kappa shape index (κ1) is 38.5. The van der Waals surface area contributed by atoms with Crippen LogP contribution in [0.4, 0.5) is 19.4 Å². The van der Waals surface area contributed by atoms with Crippen LogP contribution in [-0.2, 0) is 11.2 Å². The summed E-state index contributed by atoms with van der Waals surface area (Å²) in [5.41, 5.74) is 6.08. The van der Waals surface area contributed by atoms with Gasteiger partial charge in [0, 0.05) is 17.5 Å². The lowest BCUT2D eigenvalue weighted by atomic mass is 9.95. The fraction of sp³-hybridized carbons (Fsp3) is 0.535. The normalized spacial score (nSPS) is 19.8. The van der Waals surface area contributed by atoms with E-state index in [2.05, 4.69) is 57.9 Å². The van der Waals surface area contributed by atoms with Crippen molar-refractivity contribution in [1.82, 2.24) is 19.9 Å². The summed E-state index contributed by atoms with van der Waals surface area (Å²) in [6, 6.07) is 8.69. The van der Waals surface area contributed by atoms with Crippen LogP contribution in [-0.4, -0.2) is 70.0 Å². The average Bonchev–Trinajstić information content (AvgIpc) is 3.34. The first-order valence-electron chi connectivity index (χ1n) is 19.6. The van der Waals surface area contributed by atoms with E-state index in [0.717, 1.165) is 24.0 Å². The van der Waals surface area contributed by atoms with Crippen molar-refractivity contribution < 1.29 is 18.3 Å². The fourth-order valence-corrected chi connectivity index (χ4v) is 15.5. The highest BCUT2D eigenvalue weighted by Crippen LogP contribution is 2.46. The van der Waals surface area contributed by atoms with E-state index < -0.39 is 25.3 Å². The molecule has 5 heterocycles. The molecule has 2 aromatic carbocycles. The Balaban J connectivity index is 1.41. The van der Waals surface area contributed by atoms with E-state index in [1.54, 1.807) is 6.07 Å². The summed E-state index contributed by atoms with van der Waals surface area (Å²) in [5, 5.41) is 2.46. The van der Waals surface area contributed by atoms with Gasteiger partial charge in [-0.1, -0.05) is 90.4 Å². The minimum absolute atomic E-state index is 0.0407. The number of fused-ring (bicyclic) bond motifs is 6. The molecule has 0 unspecified atom stereocenters. The van der Waals surface area contributed by atoms with Crippen LogP contribution in [0.25, 0.3) is 32.9 Å². The van der Waals surface area contributed by atoms with Gasteiger partial charge in [0.2, 0.25) is 0 Å². The maximum atomic E-state index is 17.4. The Bertz CT molecular complexity index is 2170. The van der Waals surface area contributed by atoms with Crippen molar-refractivity contribution >= 4 is 53.4 Å². The highest BCUT2D eigenvalue weighted by atomic mass is 32.2. The molecule has 0 N–H and O–H groups in total. The number of anilines is 1. The highest BCUT2D eigenvalue weighted by Gasteiger charge is 2.51. The molecule has 0 aliphatic carbocycles. The number of benzene rings is 2. The van der Waals surface area contributed by atoms with Crippen LogP contribution in [0.1, 0.15) is 99.8 Å². The predicted molar refractivity (Wildman–Crippen MR) is 219 cm³/mol. The Morgan fingerprint density at radius 1 is 0.963 bits per heavy atom. The first-order chi connectivity index (χ1) is 25.6. The number of nitrogens with zero attached hydrogens (tertiary/aromatic N) is 5. The van der Waals surface area contributed by atoms with Crippen LogP contribution < -0.4 is 4.90 Å². The Kier molecular flexibility index (Phi) is 10.3. The number of hydrogen-bond donors (Lipinski definition) is 0. The summed E-state index contributed by atoms with van der Waals surface area (Å²) in [4.78, 5) is 32.8. The number of amides is 1. The van der Waals surface area contributed by atoms with Crippen LogP contribution in [0, 0.1) is 23.1 Å². The molecule has 286 valence electrons. The lowest BCUT2D eigenvalue weighted by Crippen LogP contribution is -2.62. The third-order valence-corrected chi connectivity index (χ3v) is 19.0. The molecule has 3 aliphatic heterocycles. The van der Waals surface area contributed by atoms with E-state index >= 15 is 8.78 Å². The molecule has 4 aromatic rings. The van der Waals surface area contributed by atoms with Crippen LogP contribution in [0.3, 0.4) is 0 Å². The van der Waals surface area contributed by atoms with Gasteiger partial charge in [0.25, 0.3) is 0 Å². The minimum Gasteiger partial charge on any atom is -0.444 e. The van der Waals surface area contributed by atoms with E-state index in [0.29, 0.717) is 69.0 Å². The van der Waals surface area contributed by atoms with Crippen molar-refractivity contribution in [3.8, 4) is 22.7 Å². The topological polar surface area (TPSA) is 71.5 Å². The summed E-state index contributed by atoms with van der Waals surface area (Å²) >= 11 is 1.47. The van der Waals surface area contributed by atoms with E-state index in [9.17, 15) is 4.79 Å². The Labute approximate surface area is 324 Å². The second-order valence-electron chi connectivity index (χ2n) is 17.1. The summed E-state index contributed by atoms with van der Waals surface area (Å²) in [7, 11) is -2.22. The molecule has 11 heteroatoms. The van der Waals surface area contributed by atoms with E-state index in [1.807, 2.05) is 50.8 Å². The minimum atomic E-state index is -2.22. The molecule has 3 atom stereocenters. The Hall–Kier alpha value is -3.75. The van der Waals surface area contributed by atoms with E-state index in [1.165, 1.54) is 17.8 Å². The monoisotopic (exact) mass is 769 g/mol. The number of aromatic nitrogens is 3. The quantitative estimate of drug-likeness (QED) is 0.0837. The third kappa shape index (κ3) is 6.45. The highest BCUT2D eigenvalue weighted by molar-refractivity contribution is 7.99. The maximum absolute atomic E-state index is 17.4. The van der Waals surface area contributed by atoms with Gasteiger partial charge in [0.05, 0.1) is 34.8 Å². The molecule has 7 rings (SSSR count). The van der Waals surface area contributed by atoms with Gasteiger partial charge in [0.15, 0.2) is 11.0 Å². The van der Waals surface area contributed by atoms with Crippen molar-refractivity contribution in [2.75, 3.05) is 17.2 Å². The number of halogens is 2. The summed E-state index contributed by atoms with van der Waals surface area (Å²) < 4.78 is 39.4. The third-order valence-electron chi connectivity index (χ3n) is 12.0. The van der Waals surface area contributed by atoms with Crippen molar-refractivity contribution in [3.63, 3.8) is 0 Å². The van der Waals surface area contributed by atoms with Gasteiger partial charge < -0.3 is 9.64 Å². The Morgan fingerprint density at radius 2 is 1.69 bits per heavy atom. The molecular formula is C43H53F2N5O2SSi. The van der Waals surface area contributed by atoms with Crippen molar-refractivity contribution in [3.05, 3.63) is 53.2 Å². The number of aryl methyl sites for hydroxylation is 1. The predicted octanol–water partition coefficient (Wildman–Crippen LogP) is 10.7. The van der Waals surface area contributed by atoms with Gasteiger partial charge in [-0.2, -0.15) is 0 Å². The van der Waals surface area contributed by atoms with E-state index in [4.69, 9.17) is 19.7 Å². The zero-order valence-electron chi connectivity index (χ0n) is 33.3. The van der Waals surface area contributed by atoms with E-state index in [-0.39, 0.29) is 41.0 Å². The second-order valence-corrected chi connectivity index (χ2v) is 23.9. The maximum Gasteiger partial charge on any atom is 0.410 e. The molecule has 2 fully saturated rings. The molecule has 0 saturated carbocycles. The summed E-state index contributed by atoms with van der Waals surface area (Å²) in [6.07, 6.45) is 2.69. The number of hydrogen-bond acceptors (Lipinski definition) is 7. The number of rotatable bonds is 6. The zero-order chi connectivity index (χ0) is 38.9. The largest absolute Gasteiger partial charge is 0.444 e. The van der Waals surface area contributed by atoms with Gasteiger partial charge in [-0.25, -0.2) is 28.5 Å². The number of ether oxygens (including phenoxy) is 1. The van der Waals surface area contributed by atoms with Gasteiger partial charge >= 0.3 is 6.09 Å². The van der Waals surface area contributed by atoms with Gasteiger partial charge in [-0.3, -0.25) is 4.90 Å². The molecule has 1 amide bonds. The summed E-state index contributed by atoms with van der Waals surface area (Å²) in [5.74, 6) is 3.81. The first-order valence-corrected chi connectivity index (χ1v) is 22.8. The summed E-state index contributed by atoms with van der Waals surface area (Å²) in [6.45, 7) is 21.7. The number of piperazine rings is 1. The molecule has 2 aromatic heterocycles.